The van der Waals surface area contributed by atoms with Crippen molar-refractivity contribution < 1.29 is 0 Å². The van der Waals surface area contributed by atoms with E-state index < -0.39 is 0 Å². The number of rotatable bonds is 5. The summed E-state index contributed by atoms with van der Waals surface area (Å²) in [4.78, 5) is 4.27. The highest BCUT2D eigenvalue weighted by Gasteiger charge is 1.99. The van der Waals surface area contributed by atoms with Crippen LogP contribution in [0.25, 0.3) is 0 Å². The molecule has 17 heavy (non-hydrogen) atoms. The van der Waals surface area contributed by atoms with Gasteiger partial charge in [-0.05, 0) is 19.1 Å². The van der Waals surface area contributed by atoms with Crippen LogP contribution in [0.15, 0.2) is 41.8 Å². The molecule has 90 valence electrons. The molecular formula is C13H17N3S. The molecule has 0 saturated carbocycles. The van der Waals surface area contributed by atoms with Crippen molar-refractivity contribution in [3.05, 3.63) is 42.2 Å². The Labute approximate surface area is 106 Å². The summed E-state index contributed by atoms with van der Waals surface area (Å²) in [6.07, 6.45) is 3.80. The third-order valence-electron chi connectivity index (χ3n) is 2.49. The summed E-state index contributed by atoms with van der Waals surface area (Å²) in [5.41, 5.74) is 2.47. The molecule has 0 saturated heterocycles. The lowest BCUT2D eigenvalue weighted by Crippen LogP contribution is -2.04. The molecule has 0 spiro atoms. The topological polar surface area (TPSA) is 29.9 Å². The van der Waals surface area contributed by atoms with E-state index >= 15 is 0 Å². The van der Waals surface area contributed by atoms with Gasteiger partial charge in [0.15, 0.2) is 5.16 Å². The summed E-state index contributed by atoms with van der Waals surface area (Å²) in [6, 6.07) is 8.46. The van der Waals surface area contributed by atoms with E-state index in [1.54, 1.807) is 11.8 Å². The van der Waals surface area contributed by atoms with E-state index in [0.29, 0.717) is 0 Å². The van der Waals surface area contributed by atoms with Crippen LogP contribution in [0.4, 0.5) is 5.69 Å². The molecule has 0 amide bonds. The molecule has 0 aliphatic heterocycles. The number of aryl methyl sites for hydroxylation is 2. The zero-order chi connectivity index (χ0) is 12.1. The largest absolute Gasteiger partial charge is 0.384 e. The Balaban J connectivity index is 1.73. The third-order valence-corrected chi connectivity index (χ3v) is 3.55. The van der Waals surface area contributed by atoms with E-state index in [1.165, 1.54) is 11.3 Å². The molecule has 4 heteroatoms. The molecule has 3 nitrogen and oxygen atoms in total. The lowest BCUT2D eigenvalue weighted by molar-refractivity contribution is 0.790. The quantitative estimate of drug-likeness (QED) is 0.651. The minimum Gasteiger partial charge on any atom is -0.384 e. The fourth-order valence-corrected chi connectivity index (χ4v) is 2.29. The average Bonchev–Trinajstić information content (AvgIpc) is 2.73. The standard InChI is InChI=1S/C13H17N3S/c1-11-3-5-12(6-4-11)14-8-10-17-13-15-7-9-16(13)2/h3-7,9,14H,8,10H2,1-2H3. The molecule has 0 atom stereocenters. The highest BCUT2D eigenvalue weighted by atomic mass is 32.2. The maximum absolute atomic E-state index is 4.27. The first kappa shape index (κ1) is 12.0. The van der Waals surface area contributed by atoms with Gasteiger partial charge in [-0.15, -0.1) is 0 Å². The predicted octanol–water partition coefficient (Wildman–Crippen LogP) is 2.93. The van der Waals surface area contributed by atoms with Crippen LogP contribution in [0.5, 0.6) is 0 Å². The molecule has 0 fully saturated rings. The van der Waals surface area contributed by atoms with Gasteiger partial charge in [-0.1, -0.05) is 29.5 Å². The summed E-state index contributed by atoms with van der Waals surface area (Å²) < 4.78 is 2.04. The van der Waals surface area contributed by atoms with Gasteiger partial charge in [-0.2, -0.15) is 0 Å². The summed E-state index contributed by atoms with van der Waals surface area (Å²) in [5.74, 6) is 1.01. The molecular weight excluding hydrogens is 230 g/mol. The first-order chi connectivity index (χ1) is 8.25. The van der Waals surface area contributed by atoms with Crippen molar-refractivity contribution in [3.8, 4) is 0 Å². The van der Waals surface area contributed by atoms with E-state index in [9.17, 15) is 0 Å². The maximum atomic E-state index is 4.27. The van der Waals surface area contributed by atoms with Crippen LogP contribution in [-0.4, -0.2) is 21.8 Å². The van der Waals surface area contributed by atoms with E-state index in [0.717, 1.165) is 17.5 Å². The minimum absolute atomic E-state index is 0.945. The molecule has 1 N–H and O–H groups in total. The number of anilines is 1. The first-order valence-corrected chi connectivity index (χ1v) is 6.65. The Morgan fingerprint density at radius 1 is 1.29 bits per heavy atom. The second-order valence-electron chi connectivity index (χ2n) is 3.96. The number of nitrogens with zero attached hydrogens (tertiary/aromatic N) is 2. The molecule has 2 rings (SSSR count). The average molecular weight is 247 g/mol. The highest BCUT2D eigenvalue weighted by molar-refractivity contribution is 7.99. The second kappa shape index (κ2) is 5.77. The Morgan fingerprint density at radius 3 is 2.71 bits per heavy atom. The molecule has 0 aliphatic rings. The molecule has 1 aromatic carbocycles. The Bertz CT molecular complexity index is 462. The monoisotopic (exact) mass is 247 g/mol. The van der Waals surface area contributed by atoms with Crippen LogP contribution in [0.1, 0.15) is 5.56 Å². The van der Waals surface area contributed by atoms with Gasteiger partial charge < -0.3 is 9.88 Å². The van der Waals surface area contributed by atoms with E-state index in [2.05, 4.69) is 41.5 Å². The zero-order valence-corrected chi connectivity index (χ0v) is 11.0. The van der Waals surface area contributed by atoms with Gasteiger partial charge in [0.1, 0.15) is 0 Å². The summed E-state index contributed by atoms with van der Waals surface area (Å²) in [7, 11) is 2.02. The molecule has 0 aliphatic carbocycles. The molecule has 0 bridgehead atoms. The Hall–Kier alpha value is -1.42. The number of hydrogen-bond donors (Lipinski definition) is 1. The minimum atomic E-state index is 0.945. The van der Waals surface area contributed by atoms with Crippen molar-refractivity contribution >= 4 is 17.4 Å². The normalized spacial score (nSPS) is 10.5. The van der Waals surface area contributed by atoms with Crippen LogP contribution in [0.2, 0.25) is 0 Å². The molecule has 0 radical (unpaired) electrons. The molecule has 2 aromatic rings. The smallest absolute Gasteiger partial charge is 0.167 e. The second-order valence-corrected chi connectivity index (χ2v) is 5.02. The fraction of sp³-hybridized carbons (Fsp3) is 0.308. The maximum Gasteiger partial charge on any atom is 0.167 e. The molecule has 1 aromatic heterocycles. The van der Waals surface area contributed by atoms with Gasteiger partial charge in [0.2, 0.25) is 0 Å². The Morgan fingerprint density at radius 2 is 2.06 bits per heavy atom. The number of imidazole rings is 1. The zero-order valence-electron chi connectivity index (χ0n) is 10.2. The summed E-state index contributed by atoms with van der Waals surface area (Å²) >= 11 is 1.77. The van der Waals surface area contributed by atoms with Gasteiger partial charge in [0, 0.05) is 37.4 Å². The highest BCUT2D eigenvalue weighted by Crippen LogP contribution is 2.14. The number of benzene rings is 1. The van der Waals surface area contributed by atoms with Gasteiger partial charge in [-0.25, -0.2) is 4.98 Å². The van der Waals surface area contributed by atoms with Crippen LogP contribution < -0.4 is 5.32 Å². The SMILES string of the molecule is Cc1ccc(NCCSc2nccn2C)cc1. The van der Waals surface area contributed by atoms with Gasteiger partial charge >= 0.3 is 0 Å². The molecule has 1 heterocycles. The third kappa shape index (κ3) is 3.53. The van der Waals surface area contributed by atoms with Crippen molar-refractivity contribution in [1.29, 1.82) is 0 Å². The summed E-state index contributed by atoms with van der Waals surface area (Å²) in [5, 5.41) is 4.46. The van der Waals surface area contributed by atoms with Crippen LogP contribution >= 0.6 is 11.8 Å². The predicted molar refractivity (Wildman–Crippen MR) is 73.6 cm³/mol. The van der Waals surface area contributed by atoms with E-state index in [1.807, 2.05) is 24.0 Å². The van der Waals surface area contributed by atoms with Gasteiger partial charge in [-0.3, -0.25) is 0 Å². The van der Waals surface area contributed by atoms with Crippen molar-refractivity contribution in [2.75, 3.05) is 17.6 Å². The number of hydrogen-bond acceptors (Lipinski definition) is 3. The van der Waals surface area contributed by atoms with Gasteiger partial charge in [0.05, 0.1) is 0 Å². The number of nitrogens with one attached hydrogen (secondary N) is 1. The summed E-state index contributed by atoms with van der Waals surface area (Å²) in [6.45, 7) is 3.04. The van der Waals surface area contributed by atoms with Crippen molar-refractivity contribution in [2.45, 2.75) is 12.1 Å². The number of aromatic nitrogens is 2. The van der Waals surface area contributed by atoms with Crippen molar-refractivity contribution in [3.63, 3.8) is 0 Å². The van der Waals surface area contributed by atoms with Crippen molar-refractivity contribution in [1.82, 2.24) is 9.55 Å². The Kier molecular flexibility index (Phi) is 4.09. The van der Waals surface area contributed by atoms with E-state index in [-0.39, 0.29) is 0 Å². The van der Waals surface area contributed by atoms with Crippen LogP contribution in [-0.2, 0) is 7.05 Å². The fourth-order valence-electron chi connectivity index (χ4n) is 1.50. The lowest BCUT2D eigenvalue weighted by atomic mass is 10.2. The van der Waals surface area contributed by atoms with Crippen LogP contribution in [0, 0.1) is 6.92 Å². The lowest BCUT2D eigenvalue weighted by Gasteiger charge is -2.06. The first-order valence-electron chi connectivity index (χ1n) is 5.66. The molecule has 0 unspecified atom stereocenters. The van der Waals surface area contributed by atoms with E-state index in [4.69, 9.17) is 0 Å². The van der Waals surface area contributed by atoms with Gasteiger partial charge in [0.25, 0.3) is 0 Å². The number of thioether (sulfide) groups is 1. The van der Waals surface area contributed by atoms with Crippen LogP contribution in [0.3, 0.4) is 0 Å². The van der Waals surface area contributed by atoms with Crippen molar-refractivity contribution in [2.24, 2.45) is 7.05 Å².